The third-order valence-corrected chi connectivity index (χ3v) is 4.93. The monoisotopic (exact) mass is 320 g/mol. The molecule has 0 bridgehead atoms. The lowest BCUT2D eigenvalue weighted by Crippen LogP contribution is -2.38. The number of pyridine rings is 2. The Morgan fingerprint density at radius 1 is 1.12 bits per heavy atom. The molecule has 0 unspecified atom stereocenters. The largest absolute Gasteiger partial charge is 0.353 e. The van der Waals surface area contributed by atoms with Crippen LogP contribution in [0.2, 0.25) is 0 Å². The molecule has 4 heteroatoms. The predicted molar refractivity (Wildman–Crippen MR) is 97.5 cm³/mol. The molecule has 0 aromatic carbocycles. The highest BCUT2D eigenvalue weighted by atomic mass is 15.1. The van der Waals surface area contributed by atoms with Gasteiger partial charge in [-0.3, -0.25) is 14.9 Å². The molecule has 1 aliphatic rings. The number of hydrogen-bond acceptors (Lipinski definition) is 3. The Bertz CT molecular complexity index is 814. The minimum Gasteiger partial charge on any atom is -0.353 e. The molecule has 0 spiro atoms. The average Bonchev–Trinajstić information content (AvgIpc) is 2.94. The van der Waals surface area contributed by atoms with Crippen molar-refractivity contribution in [3.8, 4) is 11.3 Å². The summed E-state index contributed by atoms with van der Waals surface area (Å²) in [7, 11) is 0. The molecule has 0 amide bonds. The topological polar surface area (TPSA) is 44.8 Å². The van der Waals surface area contributed by atoms with Crippen LogP contribution in [0.4, 0.5) is 0 Å². The molecule has 0 aliphatic carbocycles. The van der Waals surface area contributed by atoms with Gasteiger partial charge in [0.1, 0.15) is 0 Å². The first kappa shape index (κ1) is 15.3. The fourth-order valence-electron chi connectivity index (χ4n) is 4.13. The van der Waals surface area contributed by atoms with Gasteiger partial charge in [-0.2, -0.15) is 0 Å². The molecule has 1 N–H and O–H groups in total. The van der Waals surface area contributed by atoms with Crippen LogP contribution >= 0.6 is 0 Å². The van der Waals surface area contributed by atoms with E-state index in [2.05, 4.69) is 45.8 Å². The van der Waals surface area contributed by atoms with Crippen LogP contribution in [0.5, 0.6) is 0 Å². The van der Waals surface area contributed by atoms with Gasteiger partial charge in [0, 0.05) is 49.4 Å². The van der Waals surface area contributed by atoms with Crippen LogP contribution in [0.25, 0.3) is 22.3 Å². The van der Waals surface area contributed by atoms with Crippen LogP contribution in [0, 0.1) is 11.8 Å². The van der Waals surface area contributed by atoms with Gasteiger partial charge in [-0.25, -0.2) is 0 Å². The second kappa shape index (κ2) is 6.36. The number of nitrogens with one attached hydrogen (secondary N) is 1. The molecule has 1 fully saturated rings. The fourth-order valence-corrected chi connectivity index (χ4v) is 4.13. The molecule has 3 aromatic heterocycles. The van der Waals surface area contributed by atoms with Gasteiger partial charge in [-0.05, 0) is 42.5 Å². The zero-order valence-corrected chi connectivity index (χ0v) is 14.4. The summed E-state index contributed by atoms with van der Waals surface area (Å²) in [5.41, 5.74) is 5.76. The smallest absolute Gasteiger partial charge is 0.0930 e. The second-order valence-corrected chi connectivity index (χ2v) is 7.26. The van der Waals surface area contributed by atoms with Crippen LogP contribution in [-0.2, 0) is 6.54 Å². The third-order valence-electron chi connectivity index (χ3n) is 4.93. The van der Waals surface area contributed by atoms with Crippen LogP contribution < -0.4 is 0 Å². The Morgan fingerprint density at radius 2 is 1.92 bits per heavy atom. The first-order chi connectivity index (χ1) is 11.7. The molecule has 0 radical (unpaired) electrons. The van der Waals surface area contributed by atoms with E-state index >= 15 is 0 Å². The predicted octanol–water partition coefficient (Wildman–Crippen LogP) is 4.10. The van der Waals surface area contributed by atoms with E-state index < -0.39 is 0 Å². The number of fused-ring (bicyclic) bond motifs is 1. The van der Waals surface area contributed by atoms with Gasteiger partial charge in [0.25, 0.3) is 0 Å². The summed E-state index contributed by atoms with van der Waals surface area (Å²) in [5, 5.41) is 0. The normalized spacial score (nSPS) is 22.1. The first-order valence-electron chi connectivity index (χ1n) is 8.79. The van der Waals surface area contributed by atoms with Crippen LogP contribution in [-0.4, -0.2) is 32.9 Å². The van der Waals surface area contributed by atoms with Crippen molar-refractivity contribution >= 4 is 11.0 Å². The van der Waals surface area contributed by atoms with Gasteiger partial charge in [-0.15, -0.1) is 0 Å². The Hall–Kier alpha value is -2.20. The summed E-state index contributed by atoms with van der Waals surface area (Å²) in [6.07, 6.45) is 6.96. The number of nitrogens with zero attached hydrogens (tertiary/aromatic N) is 3. The minimum absolute atomic E-state index is 0.758. The Kier molecular flexibility index (Phi) is 4.07. The lowest BCUT2D eigenvalue weighted by molar-refractivity contribution is 0.135. The summed E-state index contributed by atoms with van der Waals surface area (Å²) in [5.74, 6) is 1.52. The zero-order chi connectivity index (χ0) is 16.5. The zero-order valence-electron chi connectivity index (χ0n) is 14.4. The maximum Gasteiger partial charge on any atom is 0.0930 e. The standard InChI is InChI=1S/C20H24N4/c1-14-9-15(2)12-24(11-14)13-17-19(16-5-3-7-21-10-16)23-18-6-4-8-22-20(17)18/h3-8,10,14-15,23H,9,11-13H2,1-2H3/t14-,15+. The van der Waals surface area contributed by atoms with E-state index in [1.807, 2.05) is 30.7 Å². The molecule has 4 rings (SSSR count). The quantitative estimate of drug-likeness (QED) is 0.790. The number of hydrogen-bond donors (Lipinski definition) is 1. The Labute approximate surface area is 142 Å². The number of piperidine rings is 1. The van der Waals surface area contributed by atoms with E-state index in [0.29, 0.717) is 0 Å². The number of H-pyrrole nitrogens is 1. The van der Waals surface area contributed by atoms with Crippen molar-refractivity contribution < 1.29 is 0 Å². The summed E-state index contributed by atoms with van der Waals surface area (Å²) < 4.78 is 0. The summed E-state index contributed by atoms with van der Waals surface area (Å²) in [6, 6.07) is 8.19. The van der Waals surface area contributed by atoms with E-state index in [0.717, 1.165) is 53.8 Å². The van der Waals surface area contributed by atoms with Crippen molar-refractivity contribution in [2.45, 2.75) is 26.8 Å². The minimum atomic E-state index is 0.758. The van der Waals surface area contributed by atoms with Crippen molar-refractivity contribution in [2.24, 2.45) is 11.8 Å². The summed E-state index contributed by atoms with van der Waals surface area (Å²) >= 11 is 0. The number of rotatable bonds is 3. The lowest BCUT2D eigenvalue weighted by atomic mass is 9.91. The molecule has 2 atom stereocenters. The van der Waals surface area contributed by atoms with Gasteiger partial charge in [-0.1, -0.05) is 13.8 Å². The maximum atomic E-state index is 4.65. The van der Waals surface area contributed by atoms with E-state index in [4.69, 9.17) is 0 Å². The van der Waals surface area contributed by atoms with Gasteiger partial charge in [0.2, 0.25) is 0 Å². The molecular formula is C20H24N4. The highest BCUT2D eigenvalue weighted by Crippen LogP contribution is 2.31. The van der Waals surface area contributed by atoms with E-state index in [1.54, 1.807) is 0 Å². The van der Waals surface area contributed by atoms with Crippen LogP contribution in [0.15, 0.2) is 42.9 Å². The molecular weight excluding hydrogens is 296 g/mol. The van der Waals surface area contributed by atoms with Gasteiger partial charge in [0.05, 0.1) is 16.7 Å². The molecule has 1 saturated heterocycles. The lowest BCUT2D eigenvalue weighted by Gasteiger charge is -2.35. The summed E-state index contributed by atoms with van der Waals surface area (Å²) in [6.45, 7) is 7.99. The van der Waals surface area contributed by atoms with Crippen molar-refractivity contribution in [3.63, 3.8) is 0 Å². The summed E-state index contributed by atoms with van der Waals surface area (Å²) in [4.78, 5) is 15.1. The second-order valence-electron chi connectivity index (χ2n) is 7.26. The van der Waals surface area contributed by atoms with Gasteiger partial charge in [0.15, 0.2) is 0 Å². The van der Waals surface area contributed by atoms with Crippen molar-refractivity contribution in [2.75, 3.05) is 13.1 Å². The third kappa shape index (κ3) is 2.94. The highest BCUT2D eigenvalue weighted by Gasteiger charge is 2.24. The molecule has 0 saturated carbocycles. The Balaban J connectivity index is 1.75. The number of aromatic nitrogens is 3. The molecule has 4 heterocycles. The van der Waals surface area contributed by atoms with Crippen LogP contribution in [0.1, 0.15) is 25.8 Å². The highest BCUT2D eigenvalue weighted by molar-refractivity contribution is 5.87. The SMILES string of the molecule is C[C@@H]1C[C@H](C)CN(Cc2c(-c3cccnc3)[nH]c3cccnc23)C1. The van der Waals surface area contributed by atoms with E-state index in [-0.39, 0.29) is 0 Å². The number of aromatic amines is 1. The first-order valence-corrected chi connectivity index (χ1v) is 8.79. The van der Waals surface area contributed by atoms with Crippen molar-refractivity contribution in [3.05, 3.63) is 48.4 Å². The van der Waals surface area contributed by atoms with Crippen LogP contribution in [0.3, 0.4) is 0 Å². The molecule has 124 valence electrons. The molecule has 4 nitrogen and oxygen atoms in total. The van der Waals surface area contributed by atoms with E-state index in [9.17, 15) is 0 Å². The molecule has 24 heavy (non-hydrogen) atoms. The van der Waals surface area contributed by atoms with E-state index in [1.165, 1.54) is 12.0 Å². The molecule has 3 aromatic rings. The Morgan fingerprint density at radius 3 is 2.67 bits per heavy atom. The van der Waals surface area contributed by atoms with Gasteiger partial charge < -0.3 is 4.98 Å². The maximum absolute atomic E-state index is 4.65. The molecule has 1 aliphatic heterocycles. The van der Waals surface area contributed by atoms with Crippen molar-refractivity contribution in [1.29, 1.82) is 0 Å². The fraction of sp³-hybridized carbons (Fsp3) is 0.400. The number of likely N-dealkylation sites (tertiary alicyclic amines) is 1. The average molecular weight is 320 g/mol. The van der Waals surface area contributed by atoms with Crippen molar-refractivity contribution in [1.82, 2.24) is 19.9 Å². The van der Waals surface area contributed by atoms with Gasteiger partial charge >= 0.3 is 0 Å².